The van der Waals surface area contributed by atoms with Crippen LogP contribution in [0.5, 0.6) is 5.75 Å². The van der Waals surface area contributed by atoms with Crippen LogP contribution in [0.1, 0.15) is 16.7 Å². The Hall–Kier alpha value is -2.12. The molecule has 0 aromatic heterocycles. The number of sulfonamides is 1. The third kappa shape index (κ3) is 4.04. The normalized spacial score (nSPS) is 14.4. The van der Waals surface area contributed by atoms with E-state index in [-0.39, 0.29) is 5.75 Å². The lowest BCUT2D eigenvalue weighted by Gasteiger charge is -2.12. The molecule has 1 aliphatic rings. The van der Waals surface area contributed by atoms with Gasteiger partial charge in [-0.2, -0.15) is 0 Å². The first-order valence-electron chi connectivity index (χ1n) is 7.65. The molecule has 0 aliphatic carbocycles. The molecule has 0 saturated heterocycles. The van der Waals surface area contributed by atoms with E-state index in [1.54, 1.807) is 37.3 Å². The summed E-state index contributed by atoms with van der Waals surface area (Å²) in [7, 11) is -3.63. The minimum absolute atomic E-state index is 0.282. The molecule has 0 fully saturated rings. The number of hydrogen-bond donors (Lipinski definition) is 2. The molecule has 0 atom stereocenters. The van der Waals surface area contributed by atoms with E-state index in [0.29, 0.717) is 30.0 Å². The van der Waals surface area contributed by atoms with Gasteiger partial charge in [0, 0.05) is 24.3 Å². The van der Waals surface area contributed by atoms with E-state index in [9.17, 15) is 12.8 Å². The lowest BCUT2D eigenvalue weighted by atomic mass is 10.2. The summed E-state index contributed by atoms with van der Waals surface area (Å²) in [6, 6.07) is 9.62. The molecule has 0 amide bonds. The van der Waals surface area contributed by atoms with Gasteiger partial charge in [-0.3, -0.25) is 4.72 Å². The van der Waals surface area contributed by atoms with Crippen LogP contribution < -0.4 is 14.8 Å². The molecule has 7 heteroatoms. The molecule has 1 heterocycles. The highest BCUT2D eigenvalue weighted by molar-refractivity contribution is 7.91. The third-order valence-corrected chi connectivity index (χ3v) is 5.04. The minimum Gasteiger partial charge on any atom is -0.492 e. The lowest BCUT2D eigenvalue weighted by molar-refractivity contribution is 0.326. The van der Waals surface area contributed by atoms with Gasteiger partial charge in [0.2, 0.25) is 10.0 Å². The van der Waals surface area contributed by atoms with Gasteiger partial charge < -0.3 is 10.1 Å². The molecule has 0 radical (unpaired) electrons. The smallest absolute Gasteiger partial charge is 0.236 e. The average molecular weight is 350 g/mol. The van der Waals surface area contributed by atoms with E-state index in [2.05, 4.69) is 10.0 Å². The molecule has 2 N–H and O–H groups in total. The summed E-state index contributed by atoms with van der Waals surface area (Å²) in [5.74, 6) is 0.0651. The van der Waals surface area contributed by atoms with Gasteiger partial charge in [-0.1, -0.05) is 12.1 Å². The van der Waals surface area contributed by atoms with E-state index < -0.39 is 15.8 Å². The van der Waals surface area contributed by atoms with Crippen LogP contribution in [-0.4, -0.2) is 21.6 Å². The van der Waals surface area contributed by atoms with Crippen molar-refractivity contribution in [2.45, 2.75) is 19.2 Å². The maximum absolute atomic E-state index is 13.6. The molecular weight excluding hydrogens is 331 g/mol. The van der Waals surface area contributed by atoms with E-state index in [1.165, 1.54) is 6.07 Å². The molecule has 0 bridgehead atoms. The summed E-state index contributed by atoms with van der Waals surface area (Å²) in [6.07, 6.45) is 0. The molecule has 2 aromatic rings. The van der Waals surface area contributed by atoms with Crippen LogP contribution in [0.25, 0.3) is 0 Å². The van der Waals surface area contributed by atoms with Gasteiger partial charge in [0.05, 0.1) is 5.75 Å². The zero-order valence-corrected chi connectivity index (χ0v) is 14.1. The van der Waals surface area contributed by atoms with Crippen LogP contribution in [0.4, 0.5) is 10.1 Å². The second-order valence-corrected chi connectivity index (χ2v) is 7.51. The Morgan fingerprint density at radius 3 is 2.88 bits per heavy atom. The van der Waals surface area contributed by atoms with E-state index in [4.69, 9.17) is 4.74 Å². The predicted molar refractivity (Wildman–Crippen MR) is 91.0 cm³/mol. The minimum atomic E-state index is -3.63. The van der Waals surface area contributed by atoms with Crippen LogP contribution in [0, 0.1) is 12.7 Å². The number of halogens is 1. The summed E-state index contributed by atoms with van der Waals surface area (Å²) < 4.78 is 46.3. The van der Waals surface area contributed by atoms with Crippen molar-refractivity contribution in [3.8, 4) is 5.75 Å². The average Bonchev–Trinajstić information content (AvgIpc) is 2.75. The van der Waals surface area contributed by atoms with Crippen LogP contribution in [0.2, 0.25) is 0 Å². The van der Waals surface area contributed by atoms with Crippen molar-refractivity contribution in [1.82, 2.24) is 5.32 Å². The number of aryl methyl sites for hydroxylation is 1. The van der Waals surface area contributed by atoms with Gasteiger partial charge in [0.1, 0.15) is 18.2 Å². The molecule has 0 spiro atoms. The monoisotopic (exact) mass is 350 g/mol. The zero-order valence-electron chi connectivity index (χ0n) is 13.3. The topological polar surface area (TPSA) is 67.4 Å². The van der Waals surface area contributed by atoms with E-state index in [1.807, 2.05) is 0 Å². The Bertz CT molecular complexity index is 853. The maximum atomic E-state index is 13.6. The Labute approximate surface area is 140 Å². The van der Waals surface area contributed by atoms with Crippen molar-refractivity contribution in [1.29, 1.82) is 0 Å². The van der Waals surface area contributed by atoms with Crippen molar-refractivity contribution < 1.29 is 17.5 Å². The lowest BCUT2D eigenvalue weighted by Crippen LogP contribution is -2.16. The number of nitrogens with one attached hydrogen (secondary N) is 2. The number of hydrogen-bond acceptors (Lipinski definition) is 4. The fourth-order valence-electron chi connectivity index (χ4n) is 2.54. The second kappa shape index (κ2) is 6.78. The highest BCUT2D eigenvalue weighted by Gasteiger charge is 2.15. The number of benzene rings is 2. The Morgan fingerprint density at radius 2 is 2.08 bits per heavy atom. The summed E-state index contributed by atoms with van der Waals surface area (Å²) >= 11 is 0. The SMILES string of the molecule is Cc1ccc(CS(=O)(=O)Nc2ccc3c(c2)CNCCO3)cc1F. The fourth-order valence-corrected chi connectivity index (χ4v) is 3.72. The van der Waals surface area contributed by atoms with Crippen LogP contribution in [0.15, 0.2) is 36.4 Å². The van der Waals surface area contributed by atoms with Crippen LogP contribution in [-0.2, 0) is 22.3 Å². The predicted octanol–water partition coefficient (Wildman–Crippen LogP) is 2.56. The highest BCUT2D eigenvalue weighted by atomic mass is 32.2. The largest absolute Gasteiger partial charge is 0.492 e. The van der Waals surface area contributed by atoms with Gasteiger partial charge >= 0.3 is 0 Å². The Kier molecular flexibility index (Phi) is 4.73. The molecular formula is C17H19FN2O3S. The number of fused-ring (bicyclic) bond motifs is 1. The van der Waals surface area contributed by atoms with Crippen molar-refractivity contribution >= 4 is 15.7 Å². The number of anilines is 1. The molecule has 0 unspecified atom stereocenters. The molecule has 0 saturated carbocycles. The molecule has 1 aliphatic heterocycles. The first-order valence-corrected chi connectivity index (χ1v) is 9.30. The van der Waals surface area contributed by atoms with Gasteiger partial charge in [0.15, 0.2) is 0 Å². The van der Waals surface area contributed by atoms with Gasteiger partial charge in [-0.05, 0) is 42.3 Å². The number of ether oxygens (including phenoxy) is 1. The second-order valence-electron chi connectivity index (χ2n) is 5.79. The van der Waals surface area contributed by atoms with E-state index in [0.717, 1.165) is 17.9 Å². The first-order chi connectivity index (χ1) is 11.4. The quantitative estimate of drug-likeness (QED) is 0.889. The van der Waals surface area contributed by atoms with E-state index >= 15 is 0 Å². The molecule has 2 aromatic carbocycles. The third-order valence-electron chi connectivity index (χ3n) is 3.78. The fraction of sp³-hybridized carbons (Fsp3) is 0.294. The summed E-state index contributed by atoms with van der Waals surface area (Å²) in [6.45, 7) is 3.58. The Morgan fingerprint density at radius 1 is 1.25 bits per heavy atom. The van der Waals surface area contributed by atoms with Crippen molar-refractivity contribution in [2.75, 3.05) is 17.9 Å². The molecule has 3 rings (SSSR count). The van der Waals surface area contributed by atoms with Gasteiger partial charge in [0.25, 0.3) is 0 Å². The highest BCUT2D eigenvalue weighted by Crippen LogP contribution is 2.25. The molecule has 128 valence electrons. The number of rotatable bonds is 4. The summed E-state index contributed by atoms with van der Waals surface area (Å²) in [5.41, 5.74) is 2.26. The van der Waals surface area contributed by atoms with Crippen molar-refractivity contribution in [3.05, 3.63) is 58.9 Å². The molecule has 5 nitrogen and oxygen atoms in total. The summed E-state index contributed by atoms with van der Waals surface area (Å²) in [4.78, 5) is 0. The van der Waals surface area contributed by atoms with Crippen molar-refractivity contribution in [3.63, 3.8) is 0 Å². The van der Waals surface area contributed by atoms with Gasteiger partial charge in [-0.15, -0.1) is 0 Å². The van der Waals surface area contributed by atoms with Crippen molar-refractivity contribution in [2.24, 2.45) is 0 Å². The standard InChI is InChI=1S/C17H19FN2O3S/c1-12-2-3-13(8-16(12)18)11-24(21,22)20-15-4-5-17-14(9-15)10-19-6-7-23-17/h2-5,8-9,19-20H,6-7,10-11H2,1H3. The molecule has 24 heavy (non-hydrogen) atoms. The Balaban J connectivity index is 1.76. The zero-order chi connectivity index (χ0) is 17.2. The first kappa shape index (κ1) is 16.7. The van der Waals surface area contributed by atoms with Crippen LogP contribution >= 0.6 is 0 Å². The van der Waals surface area contributed by atoms with Gasteiger partial charge in [-0.25, -0.2) is 12.8 Å². The van der Waals surface area contributed by atoms with Crippen LogP contribution in [0.3, 0.4) is 0 Å². The summed E-state index contributed by atoms with van der Waals surface area (Å²) in [5, 5.41) is 3.20. The maximum Gasteiger partial charge on any atom is 0.236 e.